The summed E-state index contributed by atoms with van der Waals surface area (Å²) < 4.78 is 2.10. The summed E-state index contributed by atoms with van der Waals surface area (Å²) in [6.45, 7) is 8.89. The summed E-state index contributed by atoms with van der Waals surface area (Å²) in [7, 11) is 0. The van der Waals surface area contributed by atoms with Crippen LogP contribution in [0.2, 0.25) is 0 Å². The van der Waals surface area contributed by atoms with E-state index in [1.54, 1.807) is 0 Å². The number of hydrogen-bond acceptors (Lipinski definition) is 5. The van der Waals surface area contributed by atoms with Crippen molar-refractivity contribution in [1.82, 2.24) is 19.3 Å². The molecule has 1 saturated heterocycles. The molecule has 1 aliphatic heterocycles. The Bertz CT molecular complexity index is 1470. The third-order valence-corrected chi connectivity index (χ3v) is 7.07. The van der Waals surface area contributed by atoms with Gasteiger partial charge >= 0.3 is 0 Å². The smallest absolute Gasteiger partial charge is 0.196 e. The van der Waals surface area contributed by atoms with E-state index in [0.717, 1.165) is 65.2 Å². The van der Waals surface area contributed by atoms with Crippen LogP contribution >= 0.6 is 0 Å². The molecule has 1 fully saturated rings. The number of anilines is 3. The Morgan fingerprint density at radius 3 is 2.54 bits per heavy atom. The summed E-state index contributed by atoms with van der Waals surface area (Å²) in [5, 5.41) is 15.3. The molecule has 0 aliphatic carbocycles. The predicted molar refractivity (Wildman–Crippen MR) is 143 cm³/mol. The number of rotatable bonds is 5. The number of nitrogens with zero attached hydrogens (tertiary/aromatic N) is 4. The minimum Gasteiger partial charge on any atom is -0.494 e. The number of aromatic hydroxyl groups is 1. The van der Waals surface area contributed by atoms with Crippen molar-refractivity contribution < 1.29 is 5.11 Å². The van der Waals surface area contributed by atoms with Crippen molar-refractivity contribution in [2.45, 2.75) is 19.9 Å². The summed E-state index contributed by atoms with van der Waals surface area (Å²) in [4.78, 5) is 12.5. The average molecular weight is 467 g/mol. The van der Waals surface area contributed by atoms with Crippen LogP contribution in [0, 0.1) is 0 Å². The maximum Gasteiger partial charge on any atom is 0.196 e. The molecule has 6 rings (SSSR count). The van der Waals surface area contributed by atoms with Crippen molar-refractivity contribution in [3.8, 4) is 17.1 Å². The van der Waals surface area contributed by atoms with Gasteiger partial charge in [0.1, 0.15) is 0 Å². The number of imidazole rings is 1. The Labute approximate surface area is 204 Å². The van der Waals surface area contributed by atoms with Crippen LogP contribution in [0.3, 0.4) is 0 Å². The van der Waals surface area contributed by atoms with Crippen LogP contribution in [0.15, 0.2) is 73.2 Å². The van der Waals surface area contributed by atoms with Crippen LogP contribution in [0.1, 0.15) is 13.8 Å². The number of H-pyrrole nitrogens is 1. The van der Waals surface area contributed by atoms with Crippen LogP contribution in [-0.2, 0) is 0 Å². The Kier molecular flexibility index (Phi) is 5.34. The van der Waals surface area contributed by atoms with Crippen molar-refractivity contribution in [1.29, 1.82) is 0 Å². The highest BCUT2D eigenvalue weighted by atomic mass is 16.3. The highest BCUT2D eigenvalue weighted by Crippen LogP contribution is 2.32. The zero-order valence-electron chi connectivity index (χ0n) is 20.1. The second kappa shape index (κ2) is 8.67. The maximum absolute atomic E-state index is 9.93. The number of fused-ring (bicyclic) bond motifs is 2. The van der Waals surface area contributed by atoms with Gasteiger partial charge in [-0.3, -0.25) is 9.30 Å². The number of hydrogen-bond donors (Lipinski definition) is 3. The number of benzene rings is 2. The summed E-state index contributed by atoms with van der Waals surface area (Å²) in [6, 6.07) is 19.5. The van der Waals surface area contributed by atoms with Crippen LogP contribution in [0.25, 0.3) is 27.7 Å². The number of aromatic nitrogens is 3. The van der Waals surface area contributed by atoms with Gasteiger partial charge in [0.05, 0.1) is 11.4 Å². The summed E-state index contributed by atoms with van der Waals surface area (Å²) >= 11 is 0. The zero-order chi connectivity index (χ0) is 23.9. The molecule has 35 heavy (non-hydrogen) atoms. The predicted octanol–water partition coefficient (Wildman–Crippen LogP) is 5.46. The number of piperazine rings is 1. The molecule has 0 bridgehead atoms. The quantitative estimate of drug-likeness (QED) is 0.321. The minimum atomic E-state index is 0.197. The zero-order valence-corrected chi connectivity index (χ0v) is 20.1. The lowest BCUT2D eigenvalue weighted by Crippen LogP contribution is -2.48. The molecule has 7 nitrogen and oxygen atoms in total. The Morgan fingerprint density at radius 2 is 1.77 bits per heavy atom. The van der Waals surface area contributed by atoms with E-state index in [0.29, 0.717) is 6.04 Å². The molecule has 0 radical (unpaired) electrons. The van der Waals surface area contributed by atoms with Crippen molar-refractivity contribution in [2.75, 3.05) is 36.4 Å². The fraction of sp³-hybridized carbons (Fsp3) is 0.250. The van der Waals surface area contributed by atoms with E-state index in [9.17, 15) is 5.11 Å². The molecule has 0 spiro atoms. The maximum atomic E-state index is 9.93. The van der Waals surface area contributed by atoms with E-state index in [2.05, 4.69) is 85.8 Å². The molecule has 2 aromatic carbocycles. The van der Waals surface area contributed by atoms with Gasteiger partial charge in [-0.2, -0.15) is 0 Å². The van der Waals surface area contributed by atoms with Crippen LogP contribution in [0.4, 0.5) is 17.1 Å². The van der Waals surface area contributed by atoms with Crippen LogP contribution in [0.5, 0.6) is 5.88 Å². The standard InChI is InChI=1S/C28H30N6O/c1-19(2)32-13-15-33(16-14-32)23-6-4-22(5-7-23)31-25-9-10-26(34-12-11-29-27(25)34)20-3-8-24-21(17-20)18-30-28(24)35/h3-12,17-19,30-31,35H,13-16H2,1-2H3. The highest BCUT2D eigenvalue weighted by molar-refractivity contribution is 5.91. The van der Waals surface area contributed by atoms with E-state index in [4.69, 9.17) is 0 Å². The summed E-state index contributed by atoms with van der Waals surface area (Å²) in [5.74, 6) is 0.197. The first-order valence-electron chi connectivity index (χ1n) is 12.2. The average Bonchev–Trinajstić information content (AvgIpc) is 3.52. The third-order valence-electron chi connectivity index (χ3n) is 7.07. The molecule has 1 aliphatic rings. The lowest BCUT2D eigenvalue weighted by molar-refractivity contribution is 0.209. The first-order chi connectivity index (χ1) is 17.1. The Hall–Kier alpha value is -3.97. The molecule has 0 unspecified atom stereocenters. The molecule has 0 saturated carbocycles. The largest absolute Gasteiger partial charge is 0.494 e. The van der Waals surface area contributed by atoms with E-state index < -0.39 is 0 Å². The van der Waals surface area contributed by atoms with Crippen molar-refractivity contribution in [3.05, 3.63) is 73.2 Å². The van der Waals surface area contributed by atoms with Gasteiger partial charge in [0.25, 0.3) is 0 Å². The normalized spacial score (nSPS) is 14.9. The number of pyridine rings is 1. The van der Waals surface area contributed by atoms with Crippen molar-refractivity contribution in [3.63, 3.8) is 0 Å². The second-order valence-corrected chi connectivity index (χ2v) is 9.48. The van der Waals surface area contributed by atoms with E-state index in [1.165, 1.54) is 5.69 Å². The molecule has 3 aromatic heterocycles. The van der Waals surface area contributed by atoms with Gasteiger partial charge in [-0.15, -0.1) is 0 Å². The second-order valence-electron chi connectivity index (χ2n) is 9.48. The third kappa shape index (κ3) is 3.98. The van der Waals surface area contributed by atoms with Gasteiger partial charge in [0, 0.05) is 73.0 Å². The lowest BCUT2D eigenvalue weighted by atomic mass is 10.1. The lowest BCUT2D eigenvalue weighted by Gasteiger charge is -2.38. The van der Waals surface area contributed by atoms with Crippen LogP contribution in [-0.4, -0.2) is 56.6 Å². The summed E-state index contributed by atoms with van der Waals surface area (Å²) in [5.41, 5.74) is 6.24. The van der Waals surface area contributed by atoms with E-state index in [1.807, 2.05) is 30.7 Å². The Balaban J connectivity index is 1.23. The molecular formula is C28H30N6O. The first kappa shape index (κ1) is 21.6. The molecule has 7 heteroatoms. The van der Waals surface area contributed by atoms with Gasteiger partial charge in [0.2, 0.25) is 0 Å². The molecule has 0 atom stereocenters. The van der Waals surface area contributed by atoms with E-state index >= 15 is 0 Å². The fourth-order valence-electron chi connectivity index (χ4n) is 5.04. The van der Waals surface area contributed by atoms with E-state index in [-0.39, 0.29) is 5.88 Å². The van der Waals surface area contributed by atoms with Crippen LogP contribution < -0.4 is 10.2 Å². The monoisotopic (exact) mass is 466 g/mol. The molecule has 4 heterocycles. The number of aromatic amines is 1. The van der Waals surface area contributed by atoms with Crippen molar-refractivity contribution >= 4 is 33.5 Å². The molecule has 178 valence electrons. The minimum absolute atomic E-state index is 0.197. The SMILES string of the molecule is CC(C)N1CCN(c2ccc(Nc3ccc(-c4ccc5c(O)[nH]cc5c4)n4ccnc34)cc2)CC1. The molecule has 3 N–H and O–H groups in total. The molecular weight excluding hydrogens is 436 g/mol. The highest BCUT2D eigenvalue weighted by Gasteiger charge is 2.19. The fourth-order valence-corrected chi connectivity index (χ4v) is 5.04. The summed E-state index contributed by atoms with van der Waals surface area (Å²) in [6.07, 6.45) is 5.63. The Morgan fingerprint density at radius 1 is 0.971 bits per heavy atom. The first-order valence-corrected chi connectivity index (χ1v) is 12.2. The molecule has 0 amide bonds. The van der Waals surface area contributed by atoms with Gasteiger partial charge in [0.15, 0.2) is 11.5 Å². The molecule has 5 aromatic rings. The van der Waals surface area contributed by atoms with Gasteiger partial charge in [-0.25, -0.2) is 4.98 Å². The van der Waals surface area contributed by atoms with Gasteiger partial charge in [-0.05, 0) is 67.9 Å². The van der Waals surface area contributed by atoms with Gasteiger partial charge < -0.3 is 20.3 Å². The topological polar surface area (TPSA) is 71.8 Å². The number of nitrogens with one attached hydrogen (secondary N) is 2. The van der Waals surface area contributed by atoms with Gasteiger partial charge in [-0.1, -0.05) is 6.07 Å². The van der Waals surface area contributed by atoms with Crippen molar-refractivity contribution in [2.24, 2.45) is 0 Å².